The fourth-order valence-electron chi connectivity index (χ4n) is 3.58. The van der Waals surface area contributed by atoms with Crippen LogP contribution in [0.4, 0.5) is 11.4 Å². The van der Waals surface area contributed by atoms with Crippen molar-refractivity contribution in [2.45, 2.75) is 45.6 Å². The normalized spacial score (nSPS) is 14.6. The van der Waals surface area contributed by atoms with Gasteiger partial charge in [-0.3, -0.25) is 9.59 Å². The first-order valence-electron chi connectivity index (χ1n) is 10.1. The van der Waals surface area contributed by atoms with Gasteiger partial charge in [-0.1, -0.05) is 37.3 Å². The molecule has 28 heavy (non-hydrogen) atoms. The zero-order chi connectivity index (χ0) is 19.9. The van der Waals surface area contributed by atoms with Gasteiger partial charge in [0.2, 0.25) is 5.91 Å². The highest BCUT2D eigenvalue weighted by molar-refractivity contribution is 6.02. The van der Waals surface area contributed by atoms with Crippen molar-refractivity contribution in [1.82, 2.24) is 5.32 Å². The highest BCUT2D eigenvalue weighted by Crippen LogP contribution is 2.28. The monoisotopic (exact) mass is 379 g/mol. The van der Waals surface area contributed by atoms with Gasteiger partial charge >= 0.3 is 0 Å². The summed E-state index contributed by atoms with van der Waals surface area (Å²) in [4.78, 5) is 27.3. The van der Waals surface area contributed by atoms with Crippen LogP contribution in [0.1, 0.15) is 61.5 Å². The van der Waals surface area contributed by atoms with Crippen LogP contribution < -0.4 is 15.5 Å². The van der Waals surface area contributed by atoms with Crippen molar-refractivity contribution in [1.29, 1.82) is 0 Å². The largest absolute Gasteiger partial charge is 0.371 e. The van der Waals surface area contributed by atoms with Crippen molar-refractivity contribution in [3.05, 3.63) is 59.7 Å². The lowest BCUT2D eigenvalue weighted by Gasteiger charge is -2.23. The number of rotatable bonds is 7. The molecule has 0 radical (unpaired) electrons. The zero-order valence-electron chi connectivity index (χ0n) is 16.7. The minimum atomic E-state index is -0.121. The first-order chi connectivity index (χ1) is 13.6. The highest BCUT2D eigenvalue weighted by atomic mass is 16.2. The molecule has 148 valence electrons. The molecule has 1 saturated heterocycles. The second kappa shape index (κ2) is 9.40. The van der Waals surface area contributed by atoms with Crippen molar-refractivity contribution >= 4 is 23.2 Å². The van der Waals surface area contributed by atoms with Crippen LogP contribution >= 0.6 is 0 Å². The van der Waals surface area contributed by atoms with E-state index < -0.39 is 0 Å². The summed E-state index contributed by atoms with van der Waals surface area (Å²) in [7, 11) is 0. The summed E-state index contributed by atoms with van der Waals surface area (Å²) < 4.78 is 0. The average molecular weight is 380 g/mol. The maximum Gasteiger partial charge on any atom is 0.253 e. The van der Waals surface area contributed by atoms with Gasteiger partial charge in [0, 0.05) is 30.9 Å². The number of amides is 2. The number of benzene rings is 2. The Hall–Kier alpha value is -2.82. The van der Waals surface area contributed by atoms with Crippen LogP contribution in [0, 0.1) is 0 Å². The van der Waals surface area contributed by atoms with Gasteiger partial charge in [-0.15, -0.1) is 0 Å². The lowest BCUT2D eigenvalue weighted by atomic mass is 10.1. The van der Waals surface area contributed by atoms with Crippen LogP contribution in [-0.4, -0.2) is 24.9 Å². The molecule has 0 bridgehead atoms. The van der Waals surface area contributed by atoms with Crippen molar-refractivity contribution < 1.29 is 9.59 Å². The third-order valence-corrected chi connectivity index (χ3v) is 5.10. The first-order valence-corrected chi connectivity index (χ1v) is 10.1. The molecule has 5 heteroatoms. The summed E-state index contributed by atoms with van der Waals surface area (Å²) in [5.41, 5.74) is 3.27. The lowest BCUT2D eigenvalue weighted by Crippen LogP contribution is -2.29. The van der Waals surface area contributed by atoms with Gasteiger partial charge in [0.25, 0.3) is 5.91 Å². The molecule has 0 saturated carbocycles. The minimum absolute atomic E-state index is 0.0274. The Morgan fingerprint density at radius 3 is 2.46 bits per heavy atom. The quantitative estimate of drug-likeness (QED) is 0.744. The van der Waals surface area contributed by atoms with Crippen LogP contribution in [0.3, 0.4) is 0 Å². The molecule has 1 atom stereocenters. The smallest absolute Gasteiger partial charge is 0.253 e. The summed E-state index contributed by atoms with van der Waals surface area (Å²) in [5.74, 6) is -0.148. The summed E-state index contributed by atoms with van der Waals surface area (Å²) in [6, 6.07) is 15.5. The van der Waals surface area contributed by atoms with E-state index in [1.165, 1.54) is 0 Å². The van der Waals surface area contributed by atoms with E-state index in [9.17, 15) is 9.59 Å². The van der Waals surface area contributed by atoms with E-state index in [-0.39, 0.29) is 17.9 Å². The molecular formula is C23H29N3O2. The Morgan fingerprint density at radius 1 is 1.07 bits per heavy atom. The number of anilines is 2. The molecule has 3 rings (SSSR count). The predicted molar refractivity (Wildman–Crippen MR) is 114 cm³/mol. The number of hydrogen-bond donors (Lipinski definition) is 2. The SMILES string of the molecule is CCCC(=O)Nc1ccc(N2CCCC2)c(C(=O)NC(C)c2ccccc2)c1. The highest BCUT2D eigenvalue weighted by Gasteiger charge is 2.21. The van der Waals surface area contributed by atoms with Crippen molar-refractivity contribution in [2.75, 3.05) is 23.3 Å². The standard InChI is InChI=1S/C23H29N3O2/c1-3-9-22(27)25-19-12-13-21(26-14-7-8-15-26)20(16-19)23(28)24-17(2)18-10-5-4-6-11-18/h4-6,10-13,16-17H,3,7-9,14-15H2,1-2H3,(H,24,28)(H,25,27). The summed E-state index contributed by atoms with van der Waals surface area (Å²) >= 11 is 0. The molecule has 2 N–H and O–H groups in total. The summed E-state index contributed by atoms with van der Waals surface area (Å²) in [6.07, 6.45) is 3.53. The Bertz CT molecular complexity index is 814. The third-order valence-electron chi connectivity index (χ3n) is 5.10. The Balaban J connectivity index is 1.84. The molecule has 0 aliphatic carbocycles. The molecule has 2 aromatic carbocycles. The molecule has 0 aromatic heterocycles. The molecule has 1 heterocycles. The molecule has 5 nitrogen and oxygen atoms in total. The maximum absolute atomic E-state index is 13.1. The molecule has 2 aromatic rings. The van der Waals surface area contributed by atoms with E-state index in [0.29, 0.717) is 17.7 Å². The average Bonchev–Trinajstić information content (AvgIpc) is 3.23. The van der Waals surface area contributed by atoms with Crippen molar-refractivity contribution in [3.63, 3.8) is 0 Å². The van der Waals surface area contributed by atoms with Gasteiger partial charge in [-0.2, -0.15) is 0 Å². The molecule has 0 spiro atoms. The van der Waals surface area contributed by atoms with Gasteiger partial charge in [-0.05, 0) is 49.9 Å². The number of hydrogen-bond acceptors (Lipinski definition) is 3. The van der Waals surface area contributed by atoms with Gasteiger partial charge in [0.05, 0.1) is 11.6 Å². The van der Waals surface area contributed by atoms with E-state index in [4.69, 9.17) is 0 Å². The van der Waals surface area contributed by atoms with Gasteiger partial charge in [0.15, 0.2) is 0 Å². The van der Waals surface area contributed by atoms with E-state index in [0.717, 1.165) is 43.6 Å². The minimum Gasteiger partial charge on any atom is -0.371 e. The van der Waals surface area contributed by atoms with Gasteiger partial charge in [0.1, 0.15) is 0 Å². The van der Waals surface area contributed by atoms with E-state index in [2.05, 4.69) is 15.5 Å². The van der Waals surface area contributed by atoms with Crippen LogP contribution in [-0.2, 0) is 4.79 Å². The first kappa shape index (κ1) is 19.9. The number of nitrogens with zero attached hydrogens (tertiary/aromatic N) is 1. The Kier molecular flexibility index (Phi) is 6.69. The van der Waals surface area contributed by atoms with Crippen LogP contribution in [0.2, 0.25) is 0 Å². The molecule has 1 aliphatic heterocycles. The molecular weight excluding hydrogens is 350 g/mol. The molecule has 1 fully saturated rings. The molecule has 1 aliphatic rings. The third kappa shape index (κ3) is 4.91. The second-order valence-electron chi connectivity index (χ2n) is 7.33. The fourth-order valence-corrected chi connectivity index (χ4v) is 3.58. The molecule has 2 amide bonds. The predicted octanol–water partition coefficient (Wildman–Crippen LogP) is 4.52. The summed E-state index contributed by atoms with van der Waals surface area (Å²) in [6.45, 7) is 5.86. The Morgan fingerprint density at radius 2 is 1.79 bits per heavy atom. The number of carbonyl (C=O) groups excluding carboxylic acids is 2. The van der Waals surface area contributed by atoms with Crippen molar-refractivity contribution in [3.8, 4) is 0 Å². The van der Waals surface area contributed by atoms with Crippen LogP contribution in [0.15, 0.2) is 48.5 Å². The Labute approximate surface area is 167 Å². The second-order valence-corrected chi connectivity index (χ2v) is 7.33. The zero-order valence-corrected chi connectivity index (χ0v) is 16.7. The number of carbonyl (C=O) groups is 2. The van der Waals surface area contributed by atoms with Crippen molar-refractivity contribution in [2.24, 2.45) is 0 Å². The number of nitrogens with one attached hydrogen (secondary N) is 2. The summed E-state index contributed by atoms with van der Waals surface area (Å²) in [5, 5.41) is 6.01. The lowest BCUT2D eigenvalue weighted by molar-refractivity contribution is -0.116. The van der Waals surface area contributed by atoms with Gasteiger partial charge in [-0.25, -0.2) is 0 Å². The molecule has 1 unspecified atom stereocenters. The van der Waals surface area contributed by atoms with E-state index in [1.807, 2.05) is 56.3 Å². The van der Waals surface area contributed by atoms with E-state index >= 15 is 0 Å². The van der Waals surface area contributed by atoms with Crippen LogP contribution in [0.5, 0.6) is 0 Å². The topological polar surface area (TPSA) is 61.4 Å². The maximum atomic E-state index is 13.1. The van der Waals surface area contributed by atoms with Gasteiger partial charge < -0.3 is 15.5 Å². The van der Waals surface area contributed by atoms with Crippen LogP contribution in [0.25, 0.3) is 0 Å². The fraction of sp³-hybridized carbons (Fsp3) is 0.391. The van der Waals surface area contributed by atoms with E-state index in [1.54, 1.807) is 6.07 Å².